The van der Waals surface area contributed by atoms with Gasteiger partial charge in [-0.15, -0.1) is 0 Å². The second-order valence-electron chi connectivity index (χ2n) is 32.3. The minimum absolute atomic E-state index is 0.177. The first-order chi connectivity index (χ1) is 54.5. The van der Waals surface area contributed by atoms with Crippen molar-refractivity contribution in [2.75, 3.05) is 28.4 Å². The third kappa shape index (κ3) is 49.0. The smallest absolute Gasteiger partial charge is 0.167 e. The molecule has 0 aromatic heterocycles. The molecule has 4 rings (SSSR count). The Morgan fingerprint density at radius 3 is 0.643 bits per heavy atom. The van der Waals surface area contributed by atoms with E-state index in [1.54, 1.807) is 26.0 Å². The van der Waals surface area contributed by atoms with Crippen molar-refractivity contribution in [1.29, 1.82) is 0 Å². The van der Waals surface area contributed by atoms with Crippen molar-refractivity contribution in [2.24, 2.45) is 0 Å². The van der Waals surface area contributed by atoms with Gasteiger partial charge in [0.05, 0.1) is 28.4 Å². The van der Waals surface area contributed by atoms with E-state index in [1.165, 1.54) is 362 Å². The molecule has 0 radical (unpaired) electrons. The van der Waals surface area contributed by atoms with Crippen molar-refractivity contribution in [3.8, 4) is 69.0 Å². The molecule has 0 saturated heterocycles. The minimum Gasteiger partial charge on any atom is -0.508 e. The first-order valence-electron chi connectivity index (χ1n) is 46.1. The van der Waals surface area contributed by atoms with E-state index in [-0.39, 0.29) is 46.0 Å². The van der Waals surface area contributed by atoms with Gasteiger partial charge in [-0.25, -0.2) is 0 Å². The van der Waals surface area contributed by atoms with Gasteiger partial charge >= 0.3 is 0 Å². The van der Waals surface area contributed by atoms with Crippen LogP contribution in [0.2, 0.25) is 0 Å². The molecule has 112 heavy (non-hydrogen) atoms. The molecule has 4 aromatic rings. The van der Waals surface area contributed by atoms with Crippen LogP contribution in [-0.4, -0.2) is 69.3 Å². The molecule has 0 unspecified atom stereocenters. The largest absolute Gasteiger partial charge is 0.508 e. The van der Waals surface area contributed by atoms with Gasteiger partial charge in [0, 0.05) is 45.5 Å². The lowest BCUT2D eigenvalue weighted by molar-refractivity contribution is 0.361. The number of phenolic OH excluding ortho intramolecular Hbond substituents is 8. The van der Waals surface area contributed by atoms with Crippen molar-refractivity contribution in [2.45, 2.75) is 441 Å². The molecule has 0 atom stereocenters. The summed E-state index contributed by atoms with van der Waals surface area (Å²) in [6.45, 7) is 16.3. The van der Waals surface area contributed by atoms with Crippen molar-refractivity contribution in [3.05, 3.63) is 93.1 Å². The number of benzene rings is 4. The zero-order valence-electron chi connectivity index (χ0n) is 74.3. The van der Waals surface area contributed by atoms with E-state index in [9.17, 15) is 40.9 Å². The molecule has 0 spiro atoms. The Morgan fingerprint density at radius 2 is 0.420 bits per heavy atom. The molecule has 0 fully saturated rings. The van der Waals surface area contributed by atoms with Gasteiger partial charge in [-0.1, -0.05) is 335 Å². The van der Waals surface area contributed by atoms with Crippen LogP contribution in [0.5, 0.6) is 69.0 Å². The zero-order chi connectivity index (χ0) is 82.5. The number of rotatable bonds is 66. The van der Waals surface area contributed by atoms with E-state index < -0.39 is 0 Å². The summed E-state index contributed by atoms with van der Waals surface area (Å²) >= 11 is 0. The van der Waals surface area contributed by atoms with Gasteiger partial charge in [0.25, 0.3) is 0 Å². The molecule has 0 amide bonds. The Bertz CT molecular complexity index is 2960. The first kappa shape index (κ1) is 104. The van der Waals surface area contributed by atoms with Gasteiger partial charge in [-0.2, -0.15) is 0 Å². The lowest BCUT2D eigenvalue weighted by Crippen LogP contribution is -1.95. The fourth-order valence-electron chi connectivity index (χ4n) is 15.0. The Kier molecular flexibility index (Phi) is 66.4. The summed E-state index contributed by atoms with van der Waals surface area (Å²) in [4.78, 5) is 0. The van der Waals surface area contributed by atoms with Crippen LogP contribution < -0.4 is 18.9 Å². The maximum atomic E-state index is 10.3. The van der Waals surface area contributed by atoms with Crippen LogP contribution in [0.4, 0.5) is 0 Å². The normalized spacial score (nSPS) is 11.2. The number of aromatic hydroxyl groups is 8. The zero-order valence-corrected chi connectivity index (χ0v) is 74.3. The van der Waals surface area contributed by atoms with Crippen LogP contribution in [0.3, 0.4) is 0 Å². The molecule has 0 aliphatic heterocycles. The molecule has 0 heterocycles. The summed E-state index contributed by atoms with van der Waals surface area (Å²) in [7, 11) is 6.08. The van der Waals surface area contributed by atoms with Crippen molar-refractivity contribution in [3.63, 3.8) is 0 Å². The van der Waals surface area contributed by atoms with Gasteiger partial charge in [-0.3, -0.25) is 0 Å². The maximum Gasteiger partial charge on any atom is 0.167 e. The highest BCUT2D eigenvalue weighted by molar-refractivity contribution is 5.59. The van der Waals surface area contributed by atoms with E-state index in [0.29, 0.717) is 34.1 Å². The lowest BCUT2D eigenvalue weighted by Gasteiger charge is -2.13. The van der Waals surface area contributed by atoms with Gasteiger partial charge in [0.1, 0.15) is 23.0 Å². The van der Waals surface area contributed by atoms with Crippen LogP contribution in [-0.2, 0) is 25.7 Å². The number of aryl methyl sites for hydroxylation is 2. The molecular formula is C100H172O12. The summed E-state index contributed by atoms with van der Waals surface area (Å²) in [6.07, 6.45) is 86.1. The van der Waals surface area contributed by atoms with E-state index in [1.807, 2.05) is 13.8 Å². The second kappa shape index (κ2) is 71.5. The number of phenols is 8. The van der Waals surface area contributed by atoms with E-state index in [2.05, 4.69) is 52.0 Å². The Balaban J connectivity index is 0.000000747. The lowest BCUT2D eigenvalue weighted by atomic mass is 9.98. The number of methoxy groups -OCH3 is 4. The third-order valence-electron chi connectivity index (χ3n) is 22.7. The Labute approximate surface area is 687 Å². The topological polar surface area (TPSA) is 199 Å². The van der Waals surface area contributed by atoms with E-state index in [0.717, 1.165) is 97.6 Å². The predicted molar refractivity (Wildman–Crippen MR) is 479 cm³/mol. The molecule has 8 N–H and O–H groups in total. The summed E-state index contributed by atoms with van der Waals surface area (Å²) in [5.41, 5.74) is 5.93. The summed E-state index contributed by atoms with van der Waals surface area (Å²) in [5, 5.41) is 81.0. The molecule has 644 valence electrons. The molecule has 12 nitrogen and oxygen atoms in total. The molecule has 0 aliphatic rings. The molecule has 0 bridgehead atoms. The Hall–Kier alpha value is -6.04. The maximum absolute atomic E-state index is 10.3. The minimum atomic E-state index is 0.177. The molecule has 0 saturated carbocycles. The summed E-state index contributed by atoms with van der Waals surface area (Å²) < 4.78 is 20.7. The number of allylic oxidation sites excluding steroid dienone is 4. The van der Waals surface area contributed by atoms with Crippen molar-refractivity contribution >= 4 is 0 Å². The number of hydrogen-bond donors (Lipinski definition) is 8. The van der Waals surface area contributed by atoms with Crippen LogP contribution in [0.15, 0.2) is 48.6 Å². The number of unbranched alkanes of at least 4 members (excludes halogenated alkanes) is 50. The summed E-state index contributed by atoms with van der Waals surface area (Å²) in [5.74, 6) is 3.02. The van der Waals surface area contributed by atoms with Gasteiger partial charge in [0.15, 0.2) is 46.0 Å². The monoisotopic (exact) mass is 1570 g/mol. The van der Waals surface area contributed by atoms with Crippen LogP contribution >= 0.6 is 0 Å². The van der Waals surface area contributed by atoms with E-state index in [4.69, 9.17) is 18.9 Å². The molecular weight excluding hydrogens is 1390 g/mol. The quantitative estimate of drug-likeness (QED) is 0.0118. The fraction of sp³-hybridized carbons (Fsp3) is 0.720. The summed E-state index contributed by atoms with van der Waals surface area (Å²) in [6, 6.07) is 6.32. The molecule has 4 aromatic carbocycles. The second-order valence-corrected chi connectivity index (χ2v) is 32.3. The van der Waals surface area contributed by atoms with Crippen molar-refractivity contribution < 1.29 is 59.8 Å². The fourth-order valence-corrected chi connectivity index (χ4v) is 15.0. The molecule has 12 heteroatoms. The predicted octanol–water partition coefficient (Wildman–Crippen LogP) is 30.9. The number of ether oxygens (including phenoxy) is 4. The number of hydrogen-bond acceptors (Lipinski definition) is 12. The highest BCUT2D eigenvalue weighted by Gasteiger charge is 2.19. The average Bonchev–Trinajstić information content (AvgIpc) is 0.835. The van der Waals surface area contributed by atoms with Crippen molar-refractivity contribution in [1.82, 2.24) is 0 Å². The van der Waals surface area contributed by atoms with E-state index >= 15 is 0 Å². The van der Waals surface area contributed by atoms with Gasteiger partial charge in [0.2, 0.25) is 0 Å². The van der Waals surface area contributed by atoms with Crippen LogP contribution in [0, 0.1) is 27.7 Å². The standard InChI is InChI=1S/C25H44O3.C25H42O3.C25H44O3.C25H42O3/c2*1-4-5-6-7-8-9-10-11-12-13-14-15-16-17-18-19-22-21(2)23(26)20-24(28-3)25(22)27;2*1-4-5-6-7-8-9-10-11-12-13-14-15-16-17-18-19-22-20-23(26)21(2)25(28-3)24(22)27/h20,26-27H,4-19H2,1-3H3;9-10,20,26-27H,4-8,11-19H2,1-3H3;20,26-27H,4-19H2,1-3H3;9-10,20,26-27H,4-8,11-19H2,1-3H3/b;10-9+;;10-9+. The van der Waals surface area contributed by atoms with Gasteiger partial charge < -0.3 is 59.8 Å². The van der Waals surface area contributed by atoms with Gasteiger partial charge in [-0.05, 0) is 154 Å². The Morgan fingerprint density at radius 1 is 0.223 bits per heavy atom. The van der Waals surface area contributed by atoms with Crippen LogP contribution in [0.25, 0.3) is 0 Å². The highest BCUT2D eigenvalue weighted by Crippen LogP contribution is 2.43. The van der Waals surface area contributed by atoms with Crippen LogP contribution in [0.1, 0.15) is 432 Å². The highest BCUT2D eigenvalue weighted by atomic mass is 16.5. The average molecular weight is 1570 g/mol. The molecule has 0 aliphatic carbocycles. The first-order valence-corrected chi connectivity index (χ1v) is 46.1. The SMILES string of the molecule is CCCCCC/C=C/CCCCCCCCCc1c(C)c(O)cc(OC)c1O.CCCCCC/C=C/CCCCCCCCCc1cc(O)c(C)c(OC)c1O.CCCCCCCCCCCCCCCCCc1c(C)c(O)cc(OC)c1O.CCCCCCCCCCCCCCCCCc1cc(O)c(C)c(OC)c1O. The third-order valence-corrected chi connectivity index (χ3v) is 22.7.